The number of rotatable bonds is 5. The van der Waals surface area contributed by atoms with Crippen LogP contribution in [-0.4, -0.2) is 21.8 Å². The molecule has 0 unspecified atom stereocenters. The summed E-state index contributed by atoms with van der Waals surface area (Å²) in [7, 11) is 0. The van der Waals surface area contributed by atoms with E-state index in [-0.39, 0.29) is 17.5 Å². The molecule has 0 saturated heterocycles. The Morgan fingerprint density at radius 2 is 1.63 bits per heavy atom. The highest BCUT2D eigenvalue weighted by Crippen LogP contribution is 2.18. The van der Waals surface area contributed by atoms with E-state index in [1.165, 1.54) is 19.3 Å². The molecule has 0 saturated carbocycles. The maximum atomic E-state index is 12.2. The van der Waals surface area contributed by atoms with E-state index in [9.17, 15) is 9.59 Å². The highest BCUT2D eigenvalue weighted by molar-refractivity contribution is 6.30. The van der Waals surface area contributed by atoms with E-state index >= 15 is 0 Å². The Kier molecular flexibility index (Phi) is 5.63. The number of carbonyl (C=O) groups excluding carboxylic acids is 2. The van der Waals surface area contributed by atoms with Crippen LogP contribution in [0.1, 0.15) is 17.4 Å². The molecule has 7 nitrogen and oxygen atoms in total. The van der Waals surface area contributed by atoms with Gasteiger partial charge in [-0.25, -0.2) is 9.97 Å². The summed E-state index contributed by atoms with van der Waals surface area (Å²) in [6.45, 7) is 1.45. The topological polar surface area (TPSA) is 96.0 Å². The number of anilines is 4. The van der Waals surface area contributed by atoms with Crippen molar-refractivity contribution in [2.75, 3.05) is 16.0 Å². The first kappa shape index (κ1) is 18.3. The summed E-state index contributed by atoms with van der Waals surface area (Å²) in [4.78, 5) is 31.6. The SMILES string of the molecule is CC(=O)Nc1ccc(Nc2cnc(C(=O)Nc3cccc(Cl)c3)cn2)cc1. The van der Waals surface area contributed by atoms with Crippen LogP contribution in [-0.2, 0) is 4.79 Å². The molecule has 136 valence electrons. The van der Waals surface area contributed by atoms with Crippen LogP contribution in [0.2, 0.25) is 5.02 Å². The molecule has 2 aromatic carbocycles. The summed E-state index contributed by atoms with van der Waals surface area (Å²) in [6, 6.07) is 14.0. The first-order chi connectivity index (χ1) is 13.0. The van der Waals surface area contributed by atoms with Gasteiger partial charge < -0.3 is 16.0 Å². The maximum Gasteiger partial charge on any atom is 0.275 e. The van der Waals surface area contributed by atoms with Gasteiger partial charge in [0.1, 0.15) is 11.5 Å². The van der Waals surface area contributed by atoms with E-state index in [0.717, 1.165) is 5.69 Å². The summed E-state index contributed by atoms with van der Waals surface area (Å²) in [5.41, 5.74) is 2.24. The quantitative estimate of drug-likeness (QED) is 0.618. The zero-order valence-electron chi connectivity index (χ0n) is 14.4. The molecule has 1 heterocycles. The summed E-state index contributed by atoms with van der Waals surface area (Å²) in [5, 5.41) is 9.00. The molecule has 0 aliphatic heterocycles. The fourth-order valence-corrected chi connectivity index (χ4v) is 2.45. The molecule has 0 fully saturated rings. The highest BCUT2D eigenvalue weighted by atomic mass is 35.5. The normalized spacial score (nSPS) is 10.1. The number of nitrogens with zero attached hydrogens (tertiary/aromatic N) is 2. The second kappa shape index (κ2) is 8.29. The van der Waals surface area contributed by atoms with Gasteiger partial charge in [0.05, 0.1) is 12.4 Å². The zero-order valence-corrected chi connectivity index (χ0v) is 15.1. The van der Waals surface area contributed by atoms with Crippen molar-refractivity contribution < 1.29 is 9.59 Å². The average Bonchev–Trinajstić information content (AvgIpc) is 2.63. The summed E-state index contributed by atoms with van der Waals surface area (Å²) in [5.74, 6) is -0.0224. The van der Waals surface area contributed by atoms with Crippen LogP contribution in [0.5, 0.6) is 0 Å². The first-order valence-corrected chi connectivity index (χ1v) is 8.41. The number of carbonyl (C=O) groups is 2. The van der Waals surface area contributed by atoms with Gasteiger partial charge in [0.25, 0.3) is 5.91 Å². The second-order valence-corrected chi connectivity index (χ2v) is 6.07. The minimum atomic E-state index is -0.379. The van der Waals surface area contributed by atoms with Crippen molar-refractivity contribution in [3.05, 3.63) is 71.6 Å². The lowest BCUT2D eigenvalue weighted by atomic mass is 10.2. The smallest absolute Gasteiger partial charge is 0.275 e. The summed E-state index contributed by atoms with van der Waals surface area (Å²) in [6.07, 6.45) is 2.85. The number of hydrogen-bond donors (Lipinski definition) is 3. The molecule has 2 amide bonds. The Bertz CT molecular complexity index is 959. The van der Waals surface area contributed by atoms with Gasteiger partial charge in [0.15, 0.2) is 0 Å². The molecule has 3 aromatic rings. The molecule has 8 heteroatoms. The van der Waals surface area contributed by atoms with Crippen molar-refractivity contribution in [3.8, 4) is 0 Å². The fraction of sp³-hybridized carbons (Fsp3) is 0.0526. The number of amides is 2. The van der Waals surface area contributed by atoms with Crippen molar-refractivity contribution in [1.29, 1.82) is 0 Å². The lowest BCUT2D eigenvalue weighted by Gasteiger charge is -2.08. The van der Waals surface area contributed by atoms with Crippen LogP contribution in [0, 0.1) is 0 Å². The van der Waals surface area contributed by atoms with Crippen molar-refractivity contribution in [2.45, 2.75) is 6.92 Å². The van der Waals surface area contributed by atoms with E-state index in [1.807, 2.05) is 0 Å². The van der Waals surface area contributed by atoms with Gasteiger partial charge in [-0.05, 0) is 42.5 Å². The first-order valence-electron chi connectivity index (χ1n) is 8.03. The Morgan fingerprint density at radius 1 is 0.889 bits per heavy atom. The number of benzene rings is 2. The van der Waals surface area contributed by atoms with E-state index in [0.29, 0.717) is 22.2 Å². The molecule has 1 aromatic heterocycles. The summed E-state index contributed by atoms with van der Waals surface area (Å²) < 4.78 is 0. The van der Waals surface area contributed by atoms with E-state index in [2.05, 4.69) is 25.9 Å². The highest BCUT2D eigenvalue weighted by Gasteiger charge is 2.09. The van der Waals surface area contributed by atoms with Gasteiger partial charge in [0, 0.05) is 29.0 Å². The van der Waals surface area contributed by atoms with Crippen molar-refractivity contribution in [2.24, 2.45) is 0 Å². The molecular weight excluding hydrogens is 366 g/mol. The van der Waals surface area contributed by atoms with E-state index in [1.54, 1.807) is 48.5 Å². The van der Waals surface area contributed by atoms with Gasteiger partial charge in [-0.1, -0.05) is 17.7 Å². The Hall–Kier alpha value is -3.45. The maximum absolute atomic E-state index is 12.2. The lowest BCUT2D eigenvalue weighted by Crippen LogP contribution is -2.14. The molecule has 3 N–H and O–H groups in total. The fourth-order valence-electron chi connectivity index (χ4n) is 2.26. The molecule has 0 atom stereocenters. The number of aromatic nitrogens is 2. The third kappa shape index (κ3) is 5.26. The second-order valence-electron chi connectivity index (χ2n) is 5.63. The predicted molar refractivity (Wildman–Crippen MR) is 105 cm³/mol. The van der Waals surface area contributed by atoms with Crippen LogP contribution in [0.4, 0.5) is 22.9 Å². The van der Waals surface area contributed by atoms with Crippen molar-refractivity contribution in [1.82, 2.24) is 9.97 Å². The molecule has 0 radical (unpaired) electrons. The third-order valence-corrected chi connectivity index (χ3v) is 3.68. The molecule has 0 aliphatic carbocycles. The van der Waals surface area contributed by atoms with Crippen molar-refractivity contribution >= 4 is 46.3 Å². The van der Waals surface area contributed by atoms with E-state index in [4.69, 9.17) is 11.6 Å². The molecule has 0 aliphatic rings. The van der Waals surface area contributed by atoms with Crippen LogP contribution < -0.4 is 16.0 Å². The van der Waals surface area contributed by atoms with Gasteiger partial charge in [-0.2, -0.15) is 0 Å². The van der Waals surface area contributed by atoms with Gasteiger partial charge in [0.2, 0.25) is 5.91 Å². The van der Waals surface area contributed by atoms with Gasteiger partial charge >= 0.3 is 0 Å². The Labute approximate surface area is 160 Å². The van der Waals surface area contributed by atoms with Gasteiger partial charge in [-0.3, -0.25) is 9.59 Å². The molecule has 27 heavy (non-hydrogen) atoms. The van der Waals surface area contributed by atoms with Crippen LogP contribution in [0.25, 0.3) is 0 Å². The van der Waals surface area contributed by atoms with Crippen molar-refractivity contribution in [3.63, 3.8) is 0 Å². The standard InChI is InChI=1S/C19H16ClN5O2/c1-12(26)23-14-5-7-15(8-6-14)24-18-11-21-17(10-22-18)19(27)25-16-4-2-3-13(20)9-16/h2-11H,1H3,(H,22,24)(H,23,26)(H,25,27). The molecule has 3 rings (SSSR count). The Morgan fingerprint density at radius 3 is 2.26 bits per heavy atom. The predicted octanol–water partition coefficient (Wildman–Crippen LogP) is 4.08. The van der Waals surface area contributed by atoms with Gasteiger partial charge in [-0.15, -0.1) is 0 Å². The number of hydrogen-bond acceptors (Lipinski definition) is 5. The summed E-state index contributed by atoms with van der Waals surface area (Å²) >= 11 is 5.90. The average molecular weight is 382 g/mol. The monoisotopic (exact) mass is 381 g/mol. The minimum Gasteiger partial charge on any atom is -0.339 e. The lowest BCUT2D eigenvalue weighted by molar-refractivity contribution is -0.114. The number of halogens is 1. The Balaban J connectivity index is 1.62. The number of nitrogens with one attached hydrogen (secondary N) is 3. The van der Waals surface area contributed by atoms with Crippen LogP contribution in [0.15, 0.2) is 60.9 Å². The largest absolute Gasteiger partial charge is 0.339 e. The third-order valence-electron chi connectivity index (χ3n) is 3.44. The zero-order chi connectivity index (χ0) is 19.2. The van der Waals surface area contributed by atoms with Crippen LogP contribution >= 0.6 is 11.6 Å². The molecule has 0 spiro atoms. The van der Waals surface area contributed by atoms with E-state index < -0.39 is 0 Å². The van der Waals surface area contributed by atoms with Crippen LogP contribution in [0.3, 0.4) is 0 Å². The molecule has 0 bridgehead atoms. The molecular formula is C19H16ClN5O2. The minimum absolute atomic E-state index is 0.131.